The van der Waals surface area contributed by atoms with Crippen LogP contribution in [0.15, 0.2) is 5.16 Å². The molecule has 1 unspecified atom stereocenters. The van der Waals surface area contributed by atoms with Crippen molar-refractivity contribution in [1.29, 1.82) is 0 Å². The number of thioether (sulfide) groups is 1. The Hall–Kier alpha value is -1.57. The van der Waals surface area contributed by atoms with Crippen LogP contribution in [0, 0.1) is 0 Å². The molecule has 1 saturated carbocycles. The van der Waals surface area contributed by atoms with Crippen LogP contribution in [0.25, 0.3) is 0 Å². The van der Waals surface area contributed by atoms with Crippen LogP contribution in [0.3, 0.4) is 0 Å². The summed E-state index contributed by atoms with van der Waals surface area (Å²) in [5.41, 5.74) is 4.92. The van der Waals surface area contributed by atoms with Crippen molar-refractivity contribution in [3.63, 3.8) is 0 Å². The number of nitrogens with one attached hydrogen (secondary N) is 1. The van der Waals surface area contributed by atoms with Crippen LogP contribution in [-0.4, -0.2) is 32.0 Å². The molecule has 1 atom stereocenters. The van der Waals surface area contributed by atoms with Crippen molar-refractivity contribution in [2.75, 3.05) is 0 Å². The summed E-state index contributed by atoms with van der Waals surface area (Å²) in [5.74, 6) is 1.08. The van der Waals surface area contributed by atoms with Crippen LogP contribution in [0.4, 0.5) is 4.79 Å². The van der Waals surface area contributed by atoms with E-state index in [1.54, 1.807) is 6.92 Å². The van der Waals surface area contributed by atoms with E-state index in [1.165, 1.54) is 11.8 Å². The molecule has 0 bridgehead atoms. The van der Waals surface area contributed by atoms with Gasteiger partial charge in [-0.2, -0.15) is 0 Å². The van der Waals surface area contributed by atoms with Gasteiger partial charge in [0.2, 0.25) is 5.91 Å². The number of hydrogen-bond donors (Lipinski definition) is 2. The molecule has 19 heavy (non-hydrogen) atoms. The van der Waals surface area contributed by atoms with Crippen LogP contribution in [0.5, 0.6) is 0 Å². The number of carbonyl (C=O) groups excluding carboxylic acids is 2. The van der Waals surface area contributed by atoms with E-state index in [9.17, 15) is 9.59 Å². The highest BCUT2D eigenvalue weighted by Gasteiger charge is 2.30. The number of urea groups is 1. The second kappa shape index (κ2) is 5.60. The van der Waals surface area contributed by atoms with Gasteiger partial charge in [-0.15, -0.1) is 10.2 Å². The summed E-state index contributed by atoms with van der Waals surface area (Å²) in [4.78, 5) is 22.3. The van der Waals surface area contributed by atoms with E-state index in [1.807, 2.05) is 11.5 Å². The molecule has 8 heteroatoms. The van der Waals surface area contributed by atoms with Crippen molar-refractivity contribution in [2.24, 2.45) is 5.73 Å². The lowest BCUT2D eigenvalue weighted by Crippen LogP contribution is -2.39. The van der Waals surface area contributed by atoms with E-state index in [0.717, 1.165) is 25.2 Å². The zero-order chi connectivity index (χ0) is 14.0. The van der Waals surface area contributed by atoms with Crippen molar-refractivity contribution in [3.8, 4) is 0 Å². The highest BCUT2D eigenvalue weighted by molar-refractivity contribution is 8.00. The average molecular weight is 283 g/mol. The molecule has 0 aromatic carbocycles. The number of rotatable bonds is 5. The van der Waals surface area contributed by atoms with Crippen molar-refractivity contribution < 1.29 is 9.59 Å². The molecule has 2 rings (SSSR count). The van der Waals surface area contributed by atoms with Crippen molar-refractivity contribution in [2.45, 2.75) is 49.6 Å². The summed E-state index contributed by atoms with van der Waals surface area (Å²) in [6.07, 6.45) is 2.31. The molecule has 7 nitrogen and oxygen atoms in total. The lowest BCUT2D eigenvalue weighted by Gasteiger charge is -2.11. The Balaban J connectivity index is 2.06. The van der Waals surface area contributed by atoms with Gasteiger partial charge in [-0.05, 0) is 26.7 Å². The number of carbonyl (C=O) groups is 2. The van der Waals surface area contributed by atoms with E-state index in [-0.39, 0.29) is 0 Å². The van der Waals surface area contributed by atoms with Gasteiger partial charge < -0.3 is 10.3 Å². The van der Waals surface area contributed by atoms with Crippen LogP contribution in [0.2, 0.25) is 0 Å². The SMILES string of the molecule is CCn1c(SC(C)C(=O)NC(N)=O)nnc1C1CC1. The summed E-state index contributed by atoms with van der Waals surface area (Å²) in [5, 5.41) is 10.6. The van der Waals surface area contributed by atoms with Gasteiger partial charge in [-0.1, -0.05) is 11.8 Å². The van der Waals surface area contributed by atoms with Crippen LogP contribution in [-0.2, 0) is 11.3 Å². The minimum Gasteiger partial charge on any atom is -0.351 e. The molecule has 0 aliphatic heterocycles. The van der Waals surface area contributed by atoms with E-state index in [4.69, 9.17) is 5.73 Å². The number of amides is 3. The van der Waals surface area contributed by atoms with Gasteiger partial charge in [0.15, 0.2) is 5.16 Å². The fourth-order valence-corrected chi connectivity index (χ4v) is 2.68. The Morgan fingerprint density at radius 1 is 1.53 bits per heavy atom. The number of nitrogens with two attached hydrogens (primary N) is 1. The first-order valence-corrected chi connectivity index (χ1v) is 7.11. The third kappa shape index (κ3) is 3.25. The lowest BCUT2D eigenvalue weighted by molar-refractivity contribution is -0.119. The van der Waals surface area contributed by atoms with Gasteiger partial charge in [0.1, 0.15) is 5.82 Å². The fourth-order valence-electron chi connectivity index (χ4n) is 1.76. The molecule has 1 heterocycles. The molecule has 1 aliphatic carbocycles. The number of hydrogen-bond acceptors (Lipinski definition) is 5. The van der Waals surface area contributed by atoms with E-state index < -0.39 is 17.2 Å². The average Bonchev–Trinajstić information content (AvgIpc) is 3.10. The molecule has 3 N–H and O–H groups in total. The van der Waals surface area contributed by atoms with Gasteiger partial charge in [0.25, 0.3) is 0 Å². The molecular weight excluding hydrogens is 266 g/mol. The first-order chi connectivity index (χ1) is 9.02. The normalized spacial score (nSPS) is 16.1. The maximum absolute atomic E-state index is 11.6. The second-order valence-corrected chi connectivity index (χ2v) is 5.78. The first kappa shape index (κ1) is 13.9. The standard InChI is InChI=1S/C11H17N5O2S/c1-3-16-8(7-4-5-7)14-15-11(16)19-6(2)9(17)13-10(12)18/h6-7H,3-5H2,1-2H3,(H3,12,13,17,18). The molecule has 1 aliphatic rings. The molecule has 0 spiro atoms. The van der Waals surface area contributed by atoms with E-state index in [0.29, 0.717) is 11.1 Å². The molecule has 1 fully saturated rings. The summed E-state index contributed by atoms with van der Waals surface area (Å²) in [6.45, 7) is 4.49. The second-order valence-electron chi connectivity index (χ2n) is 4.47. The number of primary amides is 1. The van der Waals surface area contributed by atoms with Gasteiger partial charge >= 0.3 is 6.03 Å². The number of aromatic nitrogens is 3. The largest absolute Gasteiger partial charge is 0.351 e. The quantitative estimate of drug-likeness (QED) is 0.780. The molecular formula is C11H17N5O2S. The van der Waals surface area contributed by atoms with Crippen LogP contribution >= 0.6 is 11.8 Å². The van der Waals surface area contributed by atoms with Crippen molar-refractivity contribution in [1.82, 2.24) is 20.1 Å². The summed E-state index contributed by atoms with van der Waals surface area (Å²) in [6, 6.07) is -0.840. The van der Waals surface area contributed by atoms with Crippen LogP contribution in [0.1, 0.15) is 38.4 Å². The summed E-state index contributed by atoms with van der Waals surface area (Å²) >= 11 is 1.28. The summed E-state index contributed by atoms with van der Waals surface area (Å²) in [7, 11) is 0. The smallest absolute Gasteiger partial charge is 0.318 e. The Morgan fingerprint density at radius 2 is 2.21 bits per heavy atom. The third-order valence-corrected chi connectivity index (χ3v) is 3.98. The topological polar surface area (TPSA) is 103 Å². The molecule has 1 aromatic heterocycles. The Labute approximate surface area is 115 Å². The van der Waals surface area contributed by atoms with Crippen molar-refractivity contribution in [3.05, 3.63) is 5.82 Å². The minimum absolute atomic E-state index is 0.420. The predicted molar refractivity (Wildman–Crippen MR) is 70.7 cm³/mol. The number of imide groups is 1. The number of nitrogens with zero attached hydrogens (tertiary/aromatic N) is 3. The Bertz CT molecular complexity index is 497. The Morgan fingerprint density at radius 3 is 2.74 bits per heavy atom. The summed E-state index contributed by atoms with van der Waals surface area (Å²) < 4.78 is 2.02. The van der Waals surface area contributed by atoms with Crippen LogP contribution < -0.4 is 11.1 Å². The molecule has 1 aromatic rings. The third-order valence-electron chi connectivity index (χ3n) is 2.90. The minimum atomic E-state index is -0.840. The molecule has 104 valence electrons. The van der Waals surface area contributed by atoms with E-state index in [2.05, 4.69) is 15.5 Å². The highest BCUT2D eigenvalue weighted by Crippen LogP contribution is 2.40. The van der Waals surface area contributed by atoms with Gasteiger partial charge in [-0.3, -0.25) is 10.1 Å². The molecule has 3 amide bonds. The fraction of sp³-hybridized carbons (Fsp3) is 0.636. The highest BCUT2D eigenvalue weighted by atomic mass is 32.2. The predicted octanol–water partition coefficient (Wildman–Crippen LogP) is 0.851. The lowest BCUT2D eigenvalue weighted by atomic mass is 10.4. The maximum Gasteiger partial charge on any atom is 0.318 e. The van der Waals surface area contributed by atoms with E-state index >= 15 is 0 Å². The molecule has 0 radical (unpaired) electrons. The monoisotopic (exact) mass is 283 g/mol. The van der Waals surface area contributed by atoms with Gasteiger partial charge in [-0.25, -0.2) is 4.79 Å². The zero-order valence-electron chi connectivity index (χ0n) is 10.9. The first-order valence-electron chi connectivity index (χ1n) is 6.23. The van der Waals surface area contributed by atoms with Gasteiger partial charge in [0, 0.05) is 12.5 Å². The maximum atomic E-state index is 11.6. The van der Waals surface area contributed by atoms with Gasteiger partial charge in [0.05, 0.1) is 5.25 Å². The van der Waals surface area contributed by atoms with Crippen molar-refractivity contribution >= 4 is 23.7 Å². The Kier molecular flexibility index (Phi) is 4.08. The zero-order valence-corrected chi connectivity index (χ0v) is 11.7. The molecule has 0 saturated heterocycles.